The van der Waals surface area contributed by atoms with Crippen LogP contribution in [0, 0.1) is 11.8 Å². The summed E-state index contributed by atoms with van der Waals surface area (Å²) >= 11 is 0. The minimum atomic E-state index is -1.90. The molecule has 2 aromatic carbocycles. The number of aliphatic hydroxyl groups is 1. The van der Waals surface area contributed by atoms with Crippen LogP contribution in [0.4, 0.5) is 0 Å². The van der Waals surface area contributed by atoms with Gasteiger partial charge in [-0.05, 0) is 104 Å². The number of aryl methyl sites for hydroxylation is 1. The molecule has 1 saturated carbocycles. The van der Waals surface area contributed by atoms with Gasteiger partial charge in [-0.25, -0.2) is 4.79 Å². The molecule has 0 saturated heterocycles. The standard InChI is InChI=1S/C36H56O4Si/c1-9-11-12-19-33(40-41(7,8)36(4,5)6)28-20-22-29(23-21-28)34-26(3)24-32(37)31(34)18-14-16-27-15-13-17-30(25-27)35(38)39-10-2/h13,15,17,20-23,25-26,31-34,37H,9-12,14,16,18-19,24H2,1-8H3/t26-,31?,32+,33?,34-/m1/s1. The lowest BCUT2D eigenvalue weighted by molar-refractivity contribution is 0.0526. The molecule has 2 aromatic rings. The third-order valence-corrected chi connectivity index (χ3v) is 14.1. The molecular formula is C36H56O4Si. The second-order valence-corrected chi connectivity index (χ2v) is 18.6. The van der Waals surface area contributed by atoms with Crippen molar-refractivity contribution in [2.24, 2.45) is 11.8 Å². The Hall–Kier alpha value is -1.95. The second kappa shape index (κ2) is 15.0. The molecule has 0 spiro atoms. The molecule has 2 unspecified atom stereocenters. The summed E-state index contributed by atoms with van der Waals surface area (Å²) < 4.78 is 12.1. The highest BCUT2D eigenvalue weighted by atomic mass is 28.4. The quantitative estimate of drug-likeness (QED) is 0.137. The average molecular weight is 581 g/mol. The van der Waals surface area contributed by atoms with Gasteiger partial charge in [-0.3, -0.25) is 0 Å². The first-order valence-electron chi connectivity index (χ1n) is 16.1. The molecule has 0 radical (unpaired) electrons. The molecule has 5 heteroatoms. The van der Waals surface area contributed by atoms with E-state index < -0.39 is 8.32 Å². The Bertz CT molecular complexity index is 1090. The Morgan fingerprint density at radius 3 is 2.39 bits per heavy atom. The molecule has 1 aliphatic carbocycles. The predicted molar refractivity (Wildman–Crippen MR) is 173 cm³/mol. The zero-order valence-electron chi connectivity index (χ0n) is 27.0. The van der Waals surface area contributed by atoms with Crippen LogP contribution in [0.25, 0.3) is 0 Å². The zero-order chi connectivity index (χ0) is 30.2. The highest BCUT2D eigenvalue weighted by Crippen LogP contribution is 2.47. The first-order valence-corrected chi connectivity index (χ1v) is 19.0. The Morgan fingerprint density at radius 2 is 1.76 bits per heavy atom. The molecule has 0 heterocycles. The van der Waals surface area contributed by atoms with Gasteiger partial charge in [-0.2, -0.15) is 0 Å². The maximum atomic E-state index is 12.1. The fraction of sp³-hybridized carbons (Fsp3) is 0.639. The van der Waals surface area contributed by atoms with E-state index in [4.69, 9.17) is 9.16 Å². The molecule has 5 atom stereocenters. The first-order chi connectivity index (χ1) is 19.4. The lowest BCUT2D eigenvalue weighted by atomic mass is 9.80. The van der Waals surface area contributed by atoms with Crippen LogP contribution in [0.15, 0.2) is 48.5 Å². The fourth-order valence-electron chi connectivity index (χ4n) is 6.26. The number of hydrogen-bond acceptors (Lipinski definition) is 4. The van der Waals surface area contributed by atoms with Gasteiger partial charge in [0.05, 0.1) is 24.4 Å². The van der Waals surface area contributed by atoms with Crippen molar-refractivity contribution in [2.45, 2.75) is 129 Å². The Balaban J connectivity index is 1.71. The maximum Gasteiger partial charge on any atom is 0.338 e. The molecule has 1 N–H and O–H groups in total. The zero-order valence-corrected chi connectivity index (χ0v) is 28.0. The van der Waals surface area contributed by atoms with Gasteiger partial charge in [-0.15, -0.1) is 0 Å². The van der Waals surface area contributed by atoms with Crippen LogP contribution in [0.3, 0.4) is 0 Å². The average Bonchev–Trinajstić information content (AvgIpc) is 3.20. The molecule has 4 nitrogen and oxygen atoms in total. The number of benzene rings is 2. The van der Waals surface area contributed by atoms with Gasteiger partial charge in [0.2, 0.25) is 0 Å². The highest BCUT2D eigenvalue weighted by Gasteiger charge is 2.41. The van der Waals surface area contributed by atoms with Gasteiger partial charge in [-0.1, -0.05) is 90.3 Å². The molecule has 0 aromatic heterocycles. The van der Waals surface area contributed by atoms with Crippen molar-refractivity contribution in [1.82, 2.24) is 0 Å². The van der Waals surface area contributed by atoms with Gasteiger partial charge in [0.1, 0.15) is 0 Å². The van der Waals surface area contributed by atoms with Crippen LogP contribution in [-0.2, 0) is 15.6 Å². The summed E-state index contributed by atoms with van der Waals surface area (Å²) in [5, 5.41) is 11.2. The lowest BCUT2D eigenvalue weighted by Gasteiger charge is -2.39. The third-order valence-electron chi connectivity index (χ3n) is 9.63. The minimum Gasteiger partial charge on any atom is -0.462 e. The number of carbonyl (C=O) groups excluding carboxylic acids is 1. The molecule has 3 rings (SSSR count). The van der Waals surface area contributed by atoms with Crippen LogP contribution in [0.2, 0.25) is 18.1 Å². The third kappa shape index (κ3) is 9.02. The number of esters is 1. The van der Waals surface area contributed by atoms with E-state index in [9.17, 15) is 9.90 Å². The number of carbonyl (C=O) groups is 1. The Morgan fingerprint density at radius 1 is 1.05 bits per heavy atom. The van der Waals surface area contributed by atoms with Crippen molar-refractivity contribution in [3.63, 3.8) is 0 Å². The summed E-state index contributed by atoms with van der Waals surface area (Å²) in [7, 11) is -1.90. The van der Waals surface area contributed by atoms with E-state index in [1.807, 2.05) is 25.1 Å². The van der Waals surface area contributed by atoms with Gasteiger partial charge in [0, 0.05) is 0 Å². The number of unbranched alkanes of at least 4 members (excludes halogenated alkanes) is 2. The van der Waals surface area contributed by atoms with Crippen LogP contribution >= 0.6 is 0 Å². The Kier molecular flexibility index (Phi) is 12.3. The Labute approximate surface area is 251 Å². The van der Waals surface area contributed by atoms with Crippen molar-refractivity contribution in [3.05, 3.63) is 70.8 Å². The van der Waals surface area contributed by atoms with Crippen LogP contribution in [0.1, 0.15) is 126 Å². The molecule has 0 amide bonds. The van der Waals surface area contributed by atoms with Crippen molar-refractivity contribution >= 4 is 14.3 Å². The number of hydrogen-bond donors (Lipinski definition) is 1. The fourth-order valence-corrected chi connectivity index (χ4v) is 7.58. The summed E-state index contributed by atoms with van der Waals surface area (Å²) in [4.78, 5) is 12.1. The van der Waals surface area contributed by atoms with E-state index in [0.717, 1.165) is 37.7 Å². The molecule has 228 valence electrons. The molecule has 0 aliphatic heterocycles. The molecule has 1 aliphatic rings. The topological polar surface area (TPSA) is 55.8 Å². The first kappa shape index (κ1) is 33.5. The summed E-state index contributed by atoms with van der Waals surface area (Å²) in [6.07, 6.45) is 8.27. The van der Waals surface area contributed by atoms with Gasteiger partial charge in [0.25, 0.3) is 0 Å². The van der Waals surface area contributed by atoms with E-state index in [0.29, 0.717) is 24.0 Å². The highest BCUT2D eigenvalue weighted by molar-refractivity contribution is 6.74. The minimum absolute atomic E-state index is 0.143. The maximum absolute atomic E-state index is 12.1. The molecule has 41 heavy (non-hydrogen) atoms. The molecule has 1 fully saturated rings. The van der Waals surface area contributed by atoms with E-state index in [1.54, 1.807) is 0 Å². The number of rotatable bonds is 14. The smallest absolute Gasteiger partial charge is 0.338 e. The van der Waals surface area contributed by atoms with Crippen LogP contribution < -0.4 is 0 Å². The van der Waals surface area contributed by atoms with Crippen LogP contribution in [0.5, 0.6) is 0 Å². The van der Waals surface area contributed by atoms with E-state index in [2.05, 4.69) is 78.0 Å². The van der Waals surface area contributed by atoms with Crippen molar-refractivity contribution in [3.8, 4) is 0 Å². The van der Waals surface area contributed by atoms with E-state index >= 15 is 0 Å². The summed E-state index contributed by atoms with van der Waals surface area (Å²) in [5.41, 5.74) is 4.39. The normalized spacial score (nSPS) is 22.1. The summed E-state index contributed by atoms with van der Waals surface area (Å²) in [6, 6.07) is 17.0. The lowest BCUT2D eigenvalue weighted by Crippen LogP contribution is -2.41. The SMILES string of the molecule is CCCCCC(O[Si](C)(C)C(C)(C)C)c1ccc([C@@H]2C(CCCc3cccc(C(=O)OCC)c3)[C@@H](O)C[C@H]2C)cc1. The van der Waals surface area contributed by atoms with Crippen molar-refractivity contribution < 1.29 is 19.1 Å². The predicted octanol–water partition coefficient (Wildman–Crippen LogP) is 9.63. The summed E-state index contributed by atoms with van der Waals surface area (Å²) in [5.74, 6) is 0.773. The monoisotopic (exact) mass is 580 g/mol. The van der Waals surface area contributed by atoms with E-state index in [-0.39, 0.29) is 29.1 Å². The summed E-state index contributed by atoms with van der Waals surface area (Å²) in [6.45, 7) is 18.4. The van der Waals surface area contributed by atoms with Crippen molar-refractivity contribution in [1.29, 1.82) is 0 Å². The number of ether oxygens (including phenoxy) is 1. The number of aliphatic hydroxyl groups excluding tert-OH is 1. The van der Waals surface area contributed by atoms with Gasteiger partial charge < -0.3 is 14.3 Å². The van der Waals surface area contributed by atoms with Crippen LogP contribution in [-0.4, -0.2) is 32.1 Å². The second-order valence-electron chi connectivity index (χ2n) is 13.8. The molecule has 0 bridgehead atoms. The van der Waals surface area contributed by atoms with Gasteiger partial charge in [0.15, 0.2) is 8.32 Å². The van der Waals surface area contributed by atoms with Crippen molar-refractivity contribution in [2.75, 3.05) is 6.61 Å². The largest absolute Gasteiger partial charge is 0.462 e. The van der Waals surface area contributed by atoms with E-state index in [1.165, 1.54) is 30.4 Å². The molecular weight excluding hydrogens is 524 g/mol. The van der Waals surface area contributed by atoms with Gasteiger partial charge >= 0.3 is 5.97 Å².